The number of rotatable bonds is 2. The van der Waals surface area contributed by atoms with Gasteiger partial charge in [0.2, 0.25) is 0 Å². The van der Waals surface area contributed by atoms with E-state index in [4.69, 9.17) is 5.73 Å². The summed E-state index contributed by atoms with van der Waals surface area (Å²) in [5.41, 5.74) is 7.13. The topological polar surface area (TPSA) is 82.5 Å². The average molecular weight is 256 g/mol. The van der Waals surface area contributed by atoms with E-state index in [2.05, 4.69) is 20.1 Å². The van der Waals surface area contributed by atoms with Crippen LogP contribution in [-0.4, -0.2) is 24.7 Å². The number of nitrogens with two attached hydrogens (primary N) is 1. The van der Waals surface area contributed by atoms with E-state index in [-0.39, 0.29) is 5.95 Å². The molecule has 2 aromatic heterocycles. The van der Waals surface area contributed by atoms with Gasteiger partial charge in [0.25, 0.3) is 5.95 Å². The molecule has 2 heterocycles. The van der Waals surface area contributed by atoms with Crippen molar-refractivity contribution in [3.8, 4) is 17.3 Å². The number of anilines is 1. The van der Waals surface area contributed by atoms with Crippen molar-refractivity contribution < 1.29 is 4.39 Å². The second-order valence-corrected chi connectivity index (χ2v) is 3.84. The van der Waals surface area contributed by atoms with Crippen LogP contribution in [0.15, 0.2) is 43.0 Å². The third-order valence-electron chi connectivity index (χ3n) is 2.45. The lowest BCUT2D eigenvalue weighted by Crippen LogP contribution is -2.01. The zero-order valence-corrected chi connectivity index (χ0v) is 9.73. The van der Waals surface area contributed by atoms with Gasteiger partial charge in [-0.15, -0.1) is 5.10 Å². The number of benzene rings is 1. The third kappa shape index (κ3) is 2.25. The maximum Gasteiger partial charge on any atom is 0.252 e. The Labute approximate surface area is 107 Å². The van der Waals surface area contributed by atoms with Gasteiger partial charge in [-0.1, -0.05) is 12.1 Å². The highest BCUT2D eigenvalue weighted by Crippen LogP contribution is 2.17. The quantitative estimate of drug-likeness (QED) is 0.701. The van der Waals surface area contributed by atoms with Gasteiger partial charge in [-0.3, -0.25) is 0 Å². The van der Waals surface area contributed by atoms with E-state index in [1.807, 2.05) is 12.1 Å². The van der Waals surface area contributed by atoms with Gasteiger partial charge in [0.15, 0.2) is 11.6 Å². The van der Waals surface area contributed by atoms with Crippen LogP contribution >= 0.6 is 0 Å². The molecule has 3 rings (SSSR count). The number of nitrogens with zero attached hydrogens (tertiary/aromatic N) is 5. The van der Waals surface area contributed by atoms with Crippen LogP contribution in [0.3, 0.4) is 0 Å². The van der Waals surface area contributed by atoms with Crippen LogP contribution < -0.4 is 5.73 Å². The van der Waals surface area contributed by atoms with Gasteiger partial charge < -0.3 is 5.73 Å². The first-order chi connectivity index (χ1) is 9.22. The molecule has 0 saturated heterocycles. The Morgan fingerprint density at radius 1 is 1.11 bits per heavy atom. The summed E-state index contributed by atoms with van der Waals surface area (Å²) in [5.74, 6) is 0.254. The zero-order valence-electron chi connectivity index (χ0n) is 9.73. The van der Waals surface area contributed by atoms with Crippen molar-refractivity contribution in [1.29, 1.82) is 0 Å². The van der Waals surface area contributed by atoms with E-state index in [0.717, 1.165) is 18.0 Å². The van der Waals surface area contributed by atoms with Crippen LogP contribution in [0.1, 0.15) is 0 Å². The Hall–Kier alpha value is -2.83. The molecule has 0 fully saturated rings. The van der Waals surface area contributed by atoms with Gasteiger partial charge in [0.1, 0.15) is 6.33 Å². The van der Waals surface area contributed by atoms with Gasteiger partial charge in [-0.05, 0) is 12.1 Å². The lowest BCUT2D eigenvalue weighted by Gasteiger charge is -1.98. The maximum absolute atomic E-state index is 12.7. The normalized spacial score (nSPS) is 10.6. The molecule has 0 saturated carbocycles. The van der Waals surface area contributed by atoms with Crippen molar-refractivity contribution in [2.75, 3.05) is 5.73 Å². The summed E-state index contributed by atoms with van der Waals surface area (Å²) in [6.45, 7) is 0. The molecule has 0 aliphatic heterocycles. The van der Waals surface area contributed by atoms with Gasteiger partial charge >= 0.3 is 0 Å². The monoisotopic (exact) mass is 256 g/mol. The van der Waals surface area contributed by atoms with Crippen molar-refractivity contribution in [3.05, 3.63) is 48.8 Å². The second-order valence-electron chi connectivity index (χ2n) is 3.84. The van der Waals surface area contributed by atoms with Gasteiger partial charge in [-0.2, -0.15) is 4.68 Å². The SMILES string of the molecule is Nc1cccc(-c2ncn(-c3ncc(F)cn3)n2)c1. The van der Waals surface area contributed by atoms with Crippen LogP contribution in [0.4, 0.5) is 10.1 Å². The Bertz CT molecular complexity index is 706. The summed E-state index contributed by atoms with van der Waals surface area (Å²) in [6, 6.07) is 7.22. The van der Waals surface area contributed by atoms with Crippen molar-refractivity contribution in [2.24, 2.45) is 0 Å². The van der Waals surface area contributed by atoms with Crippen molar-refractivity contribution in [1.82, 2.24) is 24.7 Å². The van der Waals surface area contributed by atoms with E-state index in [1.54, 1.807) is 12.1 Å². The molecule has 6 nitrogen and oxygen atoms in total. The smallest absolute Gasteiger partial charge is 0.252 e. The molecule has 0 atom stereocenters. The molecule has 0 bridgehead atoms. The first-order valence-electron chi connectivity index (χ1n) is 5.48. The van der Waals surface area contributed by atoms with E-state index in [1.165, 1.54) is 11.0 Å². The van der Waals surface area contributed by atoms with Gasteiger partial charge in [-0.25, -0.2) is 19.3 Å². The lowest BCUT2D eigenvalue weighted by atomic mass is 10.2. The Morgan fingerprint density at radius 2 is 1.89 bits per heavy atom. The zero-order chi connectivity index (χ0) is 13.2. The van der Waals surface area contributed by atoms with E-state index >= 15 is 0 Å². The summed E-state index contributed by atoms with van der Waals surface area (Å²) in [6.07, 6.45) is 3.61. The second kappa shape index (κ2) is 4.45. The molecule has 0 unspecified atom stereocenters. The maximum atomic E-state index is 12.7. The number of aromatic nitrogens is 5. The first kappa shape index (κ1) is 11.3. The minimum absolute atomic E-state index is 0.254. The molecule has 2 N–H and O–H groups in total. The molecular weight excluding hydrogens is 247 g/mol. The fourth-order valence-corrected chi connectivity index (χ4v) is 1.59. The lowest BCUT2D eigenvalue weighted by molar-refractivity contribution is 0.608. The third-order valence-corrected chi connectivity index (χ3v) is 2.45. The van der Waals surface area contributed by atoms with Crippen molar-refractivity contribution in [3.63, 3.8) is 0 Å². The van der Waals surface area contributed by atoms with Crippen LogP contribution in [0, 0.1) is 5.82 Å². The Morgan fingerprint density at radius 3 is 2.63 bits per heavy atom. The Balaban J connectivity index is 1.97. The number of hydrogen-bond donors (Lipinski definition) is 1. The molecule has 0 radical (unpaired) electrons. The van der Waals surface area contributed by atoms with Crippen LogP contribution in [0.5, 0.6) is 0 Å². The minimum atomic E-state index is -0.500. The first-order valence-corrected chi connectivity index (χ1v) is 5.48. The summed E-state index contributed by atoms with van der Waals surface area (Å²) in [4.78, 5) is 11.8. The van der Waals surface area contributed by atoms with Gasteiger partial charge in [0, 0.05) is 11.3 Å². The number of halogens is 1. The highest BCUT2D eigenvalue weighted by Gasteiger charge is 2.07. The molecule has 0 aliphatic carbocycles. The molecule has 7 heteroatoms. The number of hydrogen-bond acceptors (Lipinski definition) is 5. The standard InChI is InChI=1S/C12H9FN6/c13-9-5-15-12(16-6-9)19-7-17-11(18-19)8-2-1-3-10(14)4-8/h1-7H,14H2. The predicted octanol–water partition coefficient (Wildman–Crippen LogP) is 1.45. The summed E-state index contributed by atoms with van der Waals surface area (Å²) in [5, 5.41) is 4.22. The van der Waals surface area contributed by atoms with Crippen molar-refractivity contribution >= 4 is 5.69 Å². The molecule has 0 aliphatic rings. The van der Waals surface area contributed by atoms with E-state index in [9.17, 15) is 4.39 Å². The molecule has 0 amide bonds. The molecule has 3 aromatic rings. The highest BCUT2D eigenvalue weighted by atomic mass is 19.1. The van der Waals surface area contributed by atoms with Crippen molar-refractivity contribution in [2.45, 2.75) is 0 Å². The van der Waals surface area contributed by atoms with E-state index < -0.39 is 5.82 Å². The summed E-state index contributed by atoms with van der Waals surface area (Å²) in [7, 11) is 0. The minimum Gasteiger partial charge on any atom is -0.399 e. The predicted molar refractivity (Wildman–Crippen MR) is 66.8 cm³/mol. The largest absolute Gasteiger partial charge is 0.399 e. The molecule has 1 aromatic carbocycles. The summed E-state index contributed by atoms with van der Waals surface area (Å²) < 4.78 is 14.1. The van der Waals surface area contributed by atoms with Crippen LogP contribution in [0.2, 0.25) is 0 Å². The van der Waals surface area contributed by atoms with Gasteiger partial charge in [0.05, 0.1) is 12.4 Å². The molecule has 19 heavy (non-hydrogen) atoms. The van der Waals surface area contributed by atoms with Crippen LogP contribution in [0.25, 0.3) is 17.3 Å². The molecule has 94 valence electrons. The molecular formula is C12H9FN6. The van der Waals surface area contributed by atoms with E-state index in [0.29, 0.717) is 11.5 Å². The fourth-order valence-electron chi connectivity index (χ4n) is 1.59. The summed E-state index contributed by atoms with van der Waals surface area (Å²) >= 11 is 0. The van der Waals surface area contributed by atoms with Crippen LogP contribution in [-0.2, 0) is 0 Å². The highest BCUT2D eigenvalue weighted by molar-refractivity contribution is 5.60. The Kier molecular flexibility index (Phi) is 2.64. The average Bonchev–Trinajstić information content (AvgIpc) is 2.89. The molecule has 0 spiro atoms. The number of nitrogen functional groups attached to an aromatic ring is 1. The fraction of sp³-hybridized carbons (Fsp3) is 0.